The van der Waals surface area contributed by atoms with Crippen molar-refractivity contribution in [1.82, 2.24) is 10.0 Å². The van der Waals surface area contributed by atoms with Crippen LogP contribution in [0.4, 0.5) is 11.4 Å². The zero-order valence-electron chi connectivity index (χ0n) is 14.4. The molecule has 0 saturated carbocycles. The highest BCUT2D eigenvalue weighted by Crippen LogP contribution is 2.14. The minimum Gasteiger partial charge on any atom is -0.383 e. The molecular weight excluding hydrogens is 372 g/mol. The van der Waals surface area contributed by atoms with Crippen molar-refractivity contribution >= 4 is 27.3 Å². The molecule has 1 amide bonds. The molecule has 0 atom stereocenters. The molecule has 0 aliphatic carbocycles. The van der Waals surface area contributed by atoms with Crippen molar-refractivity contribution in [2.45, 2.75) is 11.3 Å². The number of rotatable bonds is 10. The average Bonchev–Trinajstić information content (AvgIpc) is 2.66. The van der Waals surface area contributed by atoms with Gasteiger partial charge in [0.25, 0.3) is 5.69 Å². The van der Waals surface area contributed by atoms with Crippen LogP contribution >= 0.6 is 0 Å². The maximum Gasteiger partial charge on any atom is 0.269 e. The lowest BCUT2D eigenvalue weighted by Crippen LogP contribution is -2.33. The van der Waals surface area contributed by atoms with Crippen LogP contribution in [-0.4, -0.2) is 38.9 Å². The Morgan fingerprint density at radius 2 is 1.63 bits per heavy atom. The molecule has 0 radical (unpaired) electrons. The predicted molar refractivity (Wildman–Crippen MR) is 101 cm³/mol. The molecule has 27 heavy (non-hydrogen) atoms. The summed E-state index contributed by atoms with van der Waals surface area (Å²) >= 11 is 0. The highest BCUT2D eigenvalue weighted by atomic mass is 32.2. The predicted octanol–water partition coefficient (Wildman–Crippen LogP) is 1.49. The highest BCUT2D eigenvalue weighted by molar-refractivity contribution is 7.89. The maximum atomic E-state index is 12.0. The van der Waals surface area contributed by atoms with Crippen LogP contribution in [0.5, 0.6) is 0 Å². The van der Waals surface area contributed by atoms with Crippen LogP contribution in [0.25, 0.3) is 0 Å². The van der Waals surface area contributed by atoms with Gasteiger partial charge in [-0.3, -0.25) is 14.9 Å². The number of anilines is 1. The van der Waals surface area contributed by atoms with Crippen molar-refractivity contribution < 1.29 is 18.1 Å². The van der Waals surface area contributed by atoms with Crippen LogP contribution in [0.3, 0.4) is 0 Å². The number of benzene rings is 2. The lowest BCUT2D eigenvalue weighted by atomic mass is 10.3. The standard InChI is InChI=1S/C17H20N4O5S/c22-17(10-11-20-27(25,26)16-4-2-1-3-5-16)19-13-12-18-14-6-8-15(9-7-14)21(23)24/h1-9,18,20H,10-13H2,(H,19,22). The SMILES string of the molecule is O=C(CCNS(=O)(=O)c1ccccc1)NCCNc1ccc([N+](=O)[O-])cc1. The zero-order valence-corrected chi connectivity index (χ0v) is 15.2. The van der Waals surface area contributed by atoms with E-state index in [0.717, 1.165) is 0 Å². The van der Waals surface area contributed by atoms with E-state index >= 15 is 0 Å². The van der Waals surface area contributed by atoms with E-state index in [4.69, 9.17) is 0 Å². The summed E-state index contributed by atoms with van der Waals surface area (Å²) in [5.41, 5.74) is 0.706. The zero-order chi connectivity index (χ0) is 19.7. The van der Waals surface area contributed by atoms with Crippen LogP contribution in [0.2, 0.25) is 0 Å². The largest absolute Gasteiger partial charge is 0.383 e. The second kappa shape index (κ2) is 9.64. The van der Waals surface area contributed by atoms with E-state index in [1.807, 2.05) is 0 Å². The summed E-state index contributed by atoms with van der Waals surface area (Å²) in [4.78, 5) is 22.0. The first kappa shape index (κ1) is 20.3. The van der Waals surface area contributed by atoms with Gasteiger partial charge >= 0.3 is 0 Å². The molecule has 0 aromatic heterocycles. The Morgan fingerprint density at radius 1 is 0.963 bits per heavy atom. The number of hydrogen-bond donors (Lipinski definition) is 3. The third kappa shape index (κ3) is 6.68. The van der Waals surface area contributed by atoms with E-state index in [1.54, 1.807) is 30.3 Å². The van der Waals surface area contributed by atoms with Crippen LogP contribution < -0.4 is 15.4 Å². The van der Waals surface area contributed by atoms with Crippen LogP contribution in [0, 0.1) is 10.1 Å². The molecule has 0 bridgehead atoms. The summed E-state index contributed by atoms with van der Waals surface area (Å²) in [6, 6.07) is 13.9. The molecule has 0 heterocycles. The van der Waals surface area contributed by atoms with E-state index in [2.05, 4.69) is 15.4 Å². The number of hydrogen-bond acceptors (Lipinski definition) is 6. The number of nitrogens with zero attached hydrogens (tertiary/aromatic N) is 1. The van der Waals surface area contributed by atoms with Crippen LogP contribution in [0.1, 0.15) is 6.42 Å². The molecule has 0 fully saturated rings. The van der Waals surface area contributed by atoms with Gasteiger partial charge in [0.2, 0.25) is 15.9 Å². The highest BCUT2D eigenvalue weighted by Gasteiger charge is 2.13. The Balaban J connectivity index is 1.64. The molecule has 3 N–H and O–H groups in total. The normalized spacial score (nSPS) is 11.0. The summed E-state index contributed by atoms with van der Waals surface area (Å²) in [6.07, 6.45) is 0.0175. The van der Waals surface area contributed by atoms with E-state index in [0.29, 0.717) is 18.8 Å². The van der Waals surface area contributed by atoms with Gasteiger partial charge in [0, 0.05) is 43.9 Å². The molecule has 0 unspecified atom stereocenters. The average molecular weight is 392 g/mol. The Bertz CT molecular complexity index is 870. The second-order valence-corrected chi connectivity index (χ2v) is 7.31. The van der Waals surface area contributed by atoms with E-state index in [9.17, 15) is 23.3 Å². The third-order valence-electron chi connectivity index (χ3n) is 3.55. The van der Waals surface area contributed by atoms with Crippen molar-refractivity contribution in [3.05, 3.63) is 64.7 Å². The van der Waals surface area contributed by atoms with Gasteiger partial charge in [0.1, 0.15) is 0 Å². The second-order valence-electron chi connectivity index (χ2n) is 5.54. The number of non-ortho nitro benzene ring substituents is 1. The molecule has 9 nitrogen and oxygen atoms in total. The van der Waals surface area contributed by atoms with Gasteiger partial charge in [-0.25, -0.2) is 13.1 Å². The number of carbonyl (C=O) groups is 1. The minimum atomic E-state index is -3.62. The van der Waals surface area contributed by atoms with Crippen LogP contribution in [0.15, 0.2) is 59.5 Å². The van der Waals surface area contributed by atoms with Gasteiger partial charge in [-0.2, -0.15) is 0 Å². The number of nitrogens with one attached hydrogen (secondary N) is 3. The maximum absolute atomic E-state index is 12.0. The third-order valence-corrected chi connectivity index (χ3v) is 5.03. The molecule has 0 aliphatic heterocycles. The van der Waals surface area contributed by atoms with Crippen molar-refractivity contribution in [2.24, 2.45) is 0 Å². The van der Waals surface area contributed by atoms with Gasteiger partial charge in [-0.15, -0.1) is 0 Å². The Kier molecular flexibility index (Phi) is 7.26. The number of carbonyl (C=O) groups excluding carboxylic acids is 1. The molecule has 10 heteroatoms. The van der Waals surface area contributed by atoms with Crippen molar-refractivity contribution in [3.63, 3.8) is 0 Å². The van der Waals surface area contributed by atoms with Gasteiger partial charge in [0.05, 0.1) is 9.82 Å². The number of amides is 1. The molecular formula is C17H20N4O5S. The summed E-state index contributed by atoms with van der Waals surface area (Å²) in [7, 11) is -3.62. The lowest BCUT2D eigenvalue weighted by Gasteiger charge is -2.09. The van der Waals surface area contributed by atoms with E-state index < -0.39 is 14.9 Å². The number of nitro groups is 1. The first-order valence-electron chi connectivity index (χ1n) is 8.18. The van der Waals surface area contributed by atoms with Gasteiger partial charge < -0.3 is 10.6 Å². The topological polar surface area (TPSA) is 130 Å². The number of sulfonamides is 1. The van der Waals surface area contributed by atoms with Crippen molar-refractivity contribution in [3.8, 4) is 0 Å². The first-order valence-corrected chi connectivity index (χ1v) is 9.66. The molecule has 0 aliphatic rings. The Morgan fingerprint density at radius 3 is 2.26 bits per heavy atom. The monoisotopic (exact) mass is 392 g/mol. The Labute approximate surface area is 157 Å². The molecule has 144 valence electrons. The Hall–Kier alpha value is -2.98. The fraction of sp³-hybridized carbons (Fsp3) is 0.235. The summed E-state index contributed by atoms with van der Waals surface area (Å²) < 4.78 is 26.4. The minimum absolute atomic E-state index is 0.00115. The fourth-order valence-electron chi connectivity index (χ4n) is 2.18. The fourth-order valence-corrected chi connectivity index (χ4v) is 3.23. The number of nitro benzene ring substituents is 1. The first-order chi connectivity index (χ1) is 12.9. The van der Waals surface area contributed by atoms with Crippen molar-refractivity contribution in [1.29, 1.82) is 0 Å². The van der Waals surface area contributed by atoms with Gasteiger partial charge in [-0.1, -0.05) is 18.2 Å². The van der Waals surface area contributed by atoms with Crippen LogP contribution in [-0.2, 0) is 14.8 Å². The summed E-state index contributed by atoms with van der Waals surface area (Å²) in [5.74, 6) is -0.281. The summed E-state index contributed by atoms with van der Waals surface area (Å²) in [5, 5.41) is 16.3. The molecule has 2 aromatic carbocycles. The molecule has 0 saturated heterocycles. The molecule has 2 aromatic rings. The van der Waals surface area contributed by atoms with Crippen molar-refractivity contribution in [2.75, 3.05) is 25.0 Å². The summed E-state index contributed by atoms with van der Waals surface area (Å²) in [6.45, 7) is 0.763. The van der Waals surface area contributed by atoms with Gasteiger partial charge in [0.15, 0.2) is 0 Å². The molecule has 2 rings (SSSR count). The quantitative estimate of drug-likeness (QED) is 0.319. The lowest BCUT2D eigenvalue weighted by molar-refractivity contribution is -0.384. The smallest absolute Gasteiger partial charge is 0.269 e. The van der Waals surface area contributed by atoms with Gasteiger partial charge in [-0.05, 0) is 24.3 Å². The van der Waals surface area contributed by atoms with E-state index in [1.165, 1.54) is 24.3 Å². The molecule has 0 spiro atoms. The van der Waals surface area contributed by atoms with E-state index in [-0.39, 0.29) is 29.5 Å².